The quantitative estimate of drug-likeness (QED) is 0.726. The summed E-state index contributed by atoms with van der Waals surface area (Å²) in [6.45, 7) is 0.743. The molecule has 4 unspecified atom stereocenters. The first-order chi connectivity index (χ1) is 15.0. The molecule has 2 amide bonds. The van der Waals surface area contributed by atoms with Crippen LogP contribution in [0.3, 0.4) is 0 Å². The Labute approximate surface area is 180 Å². The van der Waals surface area contributed by atoms with Crippen LogP contribution in [0.4, 0.5) is 5.69 Å². The zero-order valence-corrected chi connectivity index (χ0v) is 17.4. The molecule has 160 valence electrons. The van der Waals surface area contributed by atoms with Gasteiger partial charge in [-0.25, -0.2) is 0 Å². The Kier molecular flexibility index (Phi) is 4.70. The largest absolute Gasteiger partial charge is 0.497 e. The third-order valence-corrected chi connectivity index (χ3v) is 6.37. The second-order valence-corrected chi connectivity index (χ2v) is 8.10. The Bertz CT molecular complexity index is 1070. The number of nitrogens with one attached hydrogen (secondary N) is 1. The molecule has 0 aliphatic carbocycles. The van der Waals surface area contributed by atoms with Crippen molar-refractivity contribution in [3.05, 3.63) is 66.2 Å². The molecular formula is C24H24N2O5. The van der Waals surface area contributed by atoms with E-state index in [1.807, 2.05) is 60.7 Å². The number of carbonyl (C=O) groups is 2. The van der Waals surface area contributed by atoms with Gasteiger partial charge in [0.05, 0.1) is 38.7 Å². The Morgan fingerprint density at radius 2 is 1.90 bits per heavy atom. The summed E-state index contributed by atoms with van der Waals surface area (Å²) < 4.78 is 16.7. The number of rotatable bonds is 6. The summed E-state index contributed by atoms with van der Waals surface area (Å²) in [5, 5.41) is 2.98. The van der Waals surface area contributed by atoms with Crippen LogP contribution in [-0.4, -0.2) is 44.3 Å². The molecule has 2 aromatic carbocycles. The van der Waals surface area contributed by atoms with Crippen molar-refractivity contribution in [3.8, 4) is 11.5 Å². The van der Waals surface area contributed by atoms with E-state index in [0.717, 1.165) is 17.0 Å². The van der Waals surface area contributed by atoms with Gasteiger partial charge < -0.3 is 24.4 Å². The molecule has 2 fully saturated rings. The van der Waals surface area contributed by atoms with Crippen LogP contribution >= 0.6 is 0 Å². The van der Waals surface area contributed by atoms with Crippen LogP contribution in [0, 0.1) is 11.8 Å². The fraction of sp³-hybridized carbons (Fsp3) is 0.333. The van der Waals surface area contributed by atoms with Crippen molar-refractivity contribution < 1.29 is 23.8 Å². The maximum absolute atomic E-state index is 13.4. The number of benzene rings is 2. The van der Waals surface area contributed by atoms with Gasteiger partial charge in [0.2, 0.25) is 11.8 Å². The van der Waals surface area contributed by atoms with Crippen molar-refractivity contribution in [1.29, 1.82) is 0 Å². The first kappa shape index (κ1) is 19.6. The predicted octanol–water partition coefficient (Wildman–Crippen LogP) is 2.31. The van der Waals surface area contributed by atoms with E-state index in [0.29, 0.717) is 18.8 Å². The molecule has 3 aliphatic rings. The van der Waals surface area contributed by atoms with E-state index in [1.165, 1.54) is 0 Å². The highest BCUT2D eigenvalue weighted by molar-refractivity contribution is 6.03. The predicted molar refractivity (Wildman–Crippen MR) is 114 cm³/mol. The Balaban J connectivity index is 1.36. The second kappa shape index (κ2) is 7.42. The van der Waals surface area contributed by atoms with Crippen LogP contribution in [0.1, 0.15) is 5.56 Å². The Hall–Kier alpha value is -3.32. The van der Waals surface area contributed by atoms with E-state index in [4.69, 9.17) is 14.2 Å². The van der Waals surface area contributed by atoms with Crippen LogP contribution in [0.5, 0.6) is 11.5 Å². The van der Waals surface area contributed by atoms with Crippen LogP contribution in [-0.2, 0) is 20.9 Å². The van der Waals surface area contributed by atoms with Gasteiger partial charge in [-0.3, -0.25) is 9.59 Å². The monoisotopic (exact) mass is 420 g/mol. The zero-order valence-electron chi connectivity index (χ0n) is 17.4. The van der Waals surface area contributed by atoms with E-state index in [1.54, 1.807) is 19.1 Å². The molecule has 0 saturated carbocycles. The average molecular weight is 420 g/mol. The van der Waals surface area contributed by atoms with Crippen LogP contribution < -0.4 is 19.7 Å². The van der Waals surface area contributed by atoms with Gasteiger partial charge in [0.1, 0.15) is 17.1 Å². The average Bonchev–Trinajstić information content (AvgIpc) is 3.46. The number of anilines is 1. The molecule has 1 spiro atoms. The standard InChI is InChI=1S/C24H24N2O5/c1-29-17-7-3-5-15(11-17)13-25-22(27)20-19-9-10-24(31-19)14-26(23(28)21(20)24)16-6-4-8-18(12-16)30-2/h3-12,19-21H,13-14H2,1-2H3,(H,25,27). The van der Waals surface area contributed by atoms with Crippen LogP contribution in [0.15, 0.2) is 60.7 Å². The van der Waals surface area contributed by atoms with Crippen molar-refractivity contribution >= 4 is 17.5 Å². The molecule has 7 heteroatoms. The summed E-state index contributed by atoms with van der Waals surface area (Å²) >= 11 is 0. The number of fused-ring (bicyclic) bond motifs is 1. The minimum Gasteiger partial charge on any atom is -0.497 e. The Morgan fingerprint density at radius 3 is 2.68 bits per heavy atom. The summed E-state index contributed by atoms with van der Waals surface area (Å²) in [6, 6.07) is 14.9. The van der Waals surface area contributed by atoms with Gasteiger partial charge in [-0.2, -0.15) is 0 Å². The van der Waals surface area contributed by atoms with Crippen molar-refractivity contribution in [3.63, 3.8) is 0 Å². The maximum atomic E-state index is 13.4. The van der Waals surface area contributed by atoms with E-state index < -0.39 is 17.4 Å². The van der Waals surface area contributed by atoms with Gasteiger partial charge in [-0.15, -0.1) is 0 Å². The number of hydrogen-bond acceptors (Lipinski definition) is 5. The highest BCUT2D eigenvalue weighted by Gasteiger charge is 2.67. The van der Waals surface area contributed by atoms with Gasteiger partial charge in [0, 0.05) is 18.3 Å². The highest BCUT2D eigenvalue weighted by atomic mass is 16.5. The van der Waals surface area contributed by atoms with E-state index in [-0.39, 0.29) is 17.9 Å². The molecular weight excluding hydrogens is 396 g/mol. The van der Waals surface area contributed by atoms with Crippen molar-refractivity contribution in [1.82, 2.24) is 5.32 Å². The lowest BCUT2D eigenvalue weighted by molar-refractivity contribution is -0.132. The summed E-state index contributed by atoms with van der Waals surface area (Å²) in [4.78, 5) is 28.3. The minimum atomic E-state index is -0.761. The van der Waals surface area contributed by atoms with Crippen molar-refractivity contribution in [2.45, 2.75) is 18.2 Å². The van der Waals surface area contributed by atoms with E-state index in [2.05, 4.69) is 5.32 Å². The summed E-state index contributed by atoms with van der Waals surface area (Å²) in [7, 11) is 3.20. The summed E-state index contributed by atoms with van der Waals surface area (Å²) in [5.74, 6) is 0.0363. The maximum Gasteiger partial charge on any atom is 0.234 e. The molecule has 2 bridgehead atoms. The molecule has 3 aliphatic heterocycles. The lowest BCUT2D eigenvalue weighted by Crippen LogP contribution is -2.43. The topological polar surface area (TPSA) is 77.1 Å². The number of hydrogen-bond donors (Lipinski definition) is 1. The molecule has 0 aromatic heterocycles. The minimum absolute atomic E-state index is 0.0957. The zero-order chi connectivity index (χ0) is 21.6. The van der Waals surface area contributed by atoms with Crippen LogP contribution in [0.2, 0.25) is 0 Å². The molecule has 3 heterocycles. The number of carbonyl (C=O) groups excluding carboxylic acids is 2. The first-order valence-corrected chi connectivity index (χ1v) is 10.3. The van der Waals surface area contributed by atoms with Gasteiger partial charge in [0.15, 0.2) is 0 Å². The van der Waals surface area contributed by atoms with Gasteiger partial charge in [0.25, 0.3) is 0 Å². The molecule has 4 atom stereocenters. The van der Waals surface area contributed by atoms with E-state index >= 15 is 0 Å². The lowest BCUT2D eigenvalue weighted by atomic mass is 9.77. The second-order valence-electron chi connectivity index (χ2n) is 8.10. The molecule has 2 saturated heterocycles. The SMILES string of the molecule is COc1cccc(CNC(=O)C2C3C=CC4(CN(c5cccc(OC)c5)C(=O)C24)O3)c1. The van der Waals surface area contributed by atoms with Gasteiger partial charge in [-0.05, 0) is 29.8 Å². The number of methoxy groups -OCH3 is 2. The molecule has 2 aromatic rings. The highest BCUT2D eigenvalue weighted by Crippen LogP contribution is 2.52. The molecule has 1 N–H and O–H groups in total. The number of nitrogens with zero attached hydrogens (tertiary/aromatic N) is 1. The van der Waals surface area contributed by atoms with Crippen LogP contribution in [0.25, 0.3) is 0 Å². The molecule has 7 nitrogen and oxygen atoms in total. The third-order valence-electron chi connectivity index (χ3n) is 6.37. The first-order valence-electron chi connectivity index (χ1n) is 10.3. The number of amides is 2. The lowest BCUT2D eigenvalue weighted by Gasteiger charge is -2.23. The molecule has 5 rings (SSSR count). The smallest absolute Gasteiger partial charge is 0.234 e. The third kappa shape index (κ3) is 3.16. The fourth-order valence-corrected chi connectivity index (χ4v) is 4.88. The van der Waals surface area contributed by atoms with E-state index in [9.17, 15) is 9.59 Å². The molecule has 0 radical (unpaired) electrons. The normalized spacial score (nSPS) is 28.0. The number of ether oxygens (including phenoxy) is 3. The summed E-state index contributed by atoms with van der Waals surface area (Å²) in [6.07, 6.45) is 3.48. The van der Waals surface area contributed by atoms with Gasteiger partial charge in [-0.1, -0.05) is 30.4 Å². The van der Waals surface area contributed by atoms with Gasteiger partial charge >= 0.3 is 0 Å². The summed E-state index contributed by atoms with van der Waals surface area (Å²) in [5.41, 5.74) is 0.907. The fourth-order valence-electron chi connectivity index (χ4n) is 4.88. The van der Waals surface area contributed by atoms with Crippen molar-refractivity contribution in [2.24, 2.45) is 11.8 Å². The van der Waals surface area contributed by atoms with Crippen molar-refractivity contribution in [2.75, 3.05) is 25.7 Å². The molecule has 31 heavy (non-hydrogen) atoms. The Morgan fingerprint density at radius 1 is 1.16 bits per heavy atom.